The summed E-state index contributed by atoms with van der Waals surface area (Å²) in [7, 11) is 0. The number of fused-ring (bicyclic) bond motifs is 1. The Hall–Kier alpha value is -2.08. The Morgan fingerprint density at radius 2 is 2.10 bits per heavy atom. The molecule has 1 atom stereocenters. The van der Waals surface area contributed by atoms with Gasteiger partial charge in [0.15, 0.2) is 5.76 Å². The number of thiophene rings is 1. The minimum Gasteiger partial charge on any atom is -0.475 e. The van der Waals surface area contributed by atoms with Crippen molar-refractivity contribution in [2.75, 3.05) is 6.54 Å². The maximum atomic E-state index is 12.4. The fourth-order valence-corrected chi connectivity index (χ4v) is 3.46. The lowest BCUT2D eigenvalue weighted by atomic mass is 10.0. The van der Waals surface area contributed by atoms with Crippen LogP contribution in [-0.2, 0) is 6.42 Å². The first-order valence-corrected chi connectivity index (χ1v) is 7.16. The molecule has 0 aromatic carbocycles. The van der Waals surface area contributed by atoms with Crippen LogP contribution in [0.4, 0.5) is 0 Å². The van der Waals surface area contributed by atoms with Crippen molar-refractivity contribution in [1.29, 1.82) is 0 Å². The number of carboxylic acids is 1. The number of rotatable bonds is 2. The minimum absolute atomic E-state index is 0.0177. The van der Waals surface area contributed by atoms with Gasteiger partial charge in [0.05, 0.1) is 6.04 Å². The highest BCUT2D eigenvalue weighted by molar-refractivity contribution is 7.10. The van der Waals surface area contributed by atoms with E-state index in [2.05, 4.69) is 0 Å². The number of carbonyl (C=O) groups is 2. The van der Waals surface area contributed by atoms with Gasteiger partial charge >= 0.3 is 5.97 Å². The molecule has 1 amide bonds. The van der Waals surface area contributed by atoms with Gasteiger partial charge < -0.3 is 14.4 Å². The summed E-state index contributed by atoms with van der Waals surface area (Å²) in [6.45, 7) is 2.60. The van der Waals surface area contributed by atoms with E-state index in [1.807, 2.05) is 18.4 Å². The van der Waals surface area contributed by atoms with Crippen LogP contribution in [0.2, 0.25) is 0 Å². The average molecular weight is 291 g/mol. The van der Waals surface area contributed by atoms with Gasteiger partial charge in [-0.2, -0.15) is 0 Å². The monoisotopic (exact) mass is 291 g/mol. The molecule has 2 aromatic heterocycles. The normalized spacial score (nSPS) is 17.9. The molecule has 20 heavy (non-hydrogen) atoms. The molecule has 0 aliphatic carbocycles. The molecule has 0 saturated heterocycles. The predicted octanol–water partition coefficient (Wildman–Crippen LogP) is 2.80. The molecule has 2 aromatic rings. The van der Waals surface area contributed by atoms with Crippen molar-refractivity contribution in [2.45, 2.75) is 19.4 Å². The Morgan fingerprint density at radius 3 is 2.80 bits per heavy atom. The van der Waals surface area contributed by atoms with Crippen molar-refractivity contribution in [1.82, 2.24) is 4.90 Å². The molecule has 1 unspecified atom stereocenters. The van der Waals surface area contributed by atoms with Crippen LogP contribution in [0.1, 0.15) is 44.5 Å². The smallest absolute Gasteiger partial charge is 0.371 e. The molecule has 104 valence electrons. The maximum Gasteiger partial charge on any atom is 0.371 e. The lowest BCUT2D eigenvalue weighted by Gasteiger charge is -2.33. The van der Waals surface area contributed by atoms with Crippen LogP contribution >= 0.6 is 11.3 Å². The minimum atomic E-state index is -1.17. The molecule has 6 heteroatoms. The molecule has 0 radical (unpaired) electrons. The van der Waals surface area contributed by atoms with Gasteiger partial charge in [-0.1, -0.05) is 0 Å². The Bertz CT molecular complexity index is 672. The van der Waals surface area contributed by atoms with Gasteiger partial charge in [0.2, 0.25) is 5.76 Å². The number of amides is 1. The first kappa shape index (κ1) is 12.9. The molecular weight excluding hydrogens is 278 g/mol. The summed E-state index contributed by atoms with van der Waals surface area (Å²) in [5.74, 6) is -1.57. The number of aromatic carboxylic acids is 1. The predicted molar refractivity (Wildman–Crippen MR) is 73.1 cm³/mol. The van der Waals surface area contributed by atoms with Crippen LogP contribution in [0.5, 0.6) is 0 Å². The van der Waals surface area contributed by atoms with E-state index in [9.17, 15) is 9.59 Å². The lowest BCUT2D eigenvalue weighted by molar-refractivity contribution is 0.0622. The number of hydrogen-bond acceptors (Lipinski definition) is 4. The Kier molecular flexibility index (Phi) is 3.10. The first-order valence-electron chi connectivity index (χ1n) is 6.28. The second kappa shape index (κ2) is 4.79. The zero-order valence-electron chi connectivity index (χ0n) is 10.8. The summed E-state index contributed by atoms with van der Waals surface area (Å²) in [6, 6.07) is 4.74. The largest absolute Gasteiger partial charge is 0.475 e. The molecule has 3 heterocycles. The van der Waals surface area contributed by atoms with Gasteiger partial charge in [0.25, 0.3) is 5.91 Å². The highest BCUT2D eigenvalue weighted by atomic mass is 32.1. The fraction of sp³-hybridized carbons (Fsp3) is 0.286. The van der Waals surface area contributed by atoms with Gasteiger partial charge in [0.1, 0.15) is 0 Å². The van der Waals surface area contributed by atoms with Gasteiger partial charge in [-0.05, 0) is 42.5 Å². The highest BCUT2D eigenvalue weighted by Gasteiger charge is 2.30. The Balaban J connectivity index is 1.86. The summed E-state index contributed by atoms with van der Waals surface area (Å²) < 4.78 is 5.09. The van der Waals surface area contributed by atoms with Gasteiger partial charge in [-0.15, -0.1) is 11.3 Å². The number of furan rings is 1. The van der Waals surface area contributed by atoms with Crippen LogP contribution in [0.3, 0.4) is 0 Å². The van der Waals surface area contributed by atoms with Crippen molar-refractivity contribution in [3.05, 3.63) is 45.5 Å². The molecule has 0 saturated carbocycles. The first-order chi connectivity index (χ1) is 9.58. The zero-order chi connectivity index (χ0) is 14.3. The third-order valence-corrected chi connectivity index (χ3v) is 4.56. The van der Waals surface area contributed by atoms with E-state index >= 15 is 0 Å². The summed E-state index contributed by atoms with van der Waals surface area (Å²) >= 11 is 1.71. The third kappa shape index (κ3) is 2.02. The second-order valence-electron chi connectivity index (χ2n) is 4.69. The summed E-state index contributed by atoms with van der Waals surface area (Å²) in [5, 5.41) is 10.9. The summed E-state index contributed by atoms with van der Waals surface area (Å²) in [6.07, 6.45) is 0.829. The topological polar surface area (TPSA) is 70.8 Å². The molecule has 1 aliphatic rings. The van der Waals surface area contributed by atoms with E-state index in [0.29, 0.717) is 6.54 Å². The van der Waals surface area contributed by atoms with Crippen LogP contribution in [0.25, 0.3) is 0 Å². The van der Waals surface area contributed by atoms with E-state index in [-0.39, 0.29) is 23.5 Å². The molecule has 0 spiro atoms. The van der Waals surface area contributed by atoms with E-state index in [0.717, 1.165) is 6.42 Å². The van der Waals surface area contributed by atoms with Crippen molar-refractivity contribution in [3.63, 3.8) is 0 Å². The van der Waals surface area contributed by atoms with Crippen LogP contribution < -0.4 is 0 Å². The fourth-order valence-electron chi connectivity index (χ4n) is 2.50. The number of hydrogen-bond donors (Lipinski definition) is 1. The van der Waals surface area contributed by atoms with E-state index < -0.39 is 5.97 Å². The van der Waals surface area contributed by atoms with Gasteiger partial charge in [0, 0.05) is 11.4 Å². The number of carbonyl (C=O) groups excluding carboxylic acids is 1. The molecule has 0 bridgehead atoms. The van der Waals surface area contributed by atoms with Crippen molar-refractivity contribution in [3.8, 4) is 0 Å². The molecule has 3 rings (SSSR count). The molecular formula is C14H13NO4S. The SMILES string of the molecule is CC1c2ccsc2CCN1C(=O)c1ccc(C(=O)O)o1. The molecule has 5 nitrogen and oxygen atoms in total. The second-order valence-corrected chi connectivity index (χ2v) is 5.69. The average Bonchev–Trinajstić information content (AvgIpc) is 3.08. The van der Waals surface area contributed by atoms with Crippen molar-refractivity contribution >= 4 is 23.2 Å². The van der Waals surface area contributed by atoms with Crippen LogP contribution in [0.15, 0.2) is 28.0 Å². The van der Waals surface area contributed by atoms with E-state index in [4.69, 9.17) is 9.52 Å². The number of nitrogens with zero attached hydrogens (tertiary/aromatic N) is 1. The third-order valence-electron chi connectivity index (χ3n) is 3.57. The van der Waals surface area contributed by atoms with Crippen molar-refractivity contribution in [2.24, 2.45) is 0 Å². The summed E-state index contributed by atoms with van der Waals surface area (Å²) in [4.78, 5) is 26.2. The molecule has 1 N–H and O–H groups in total. The molecule has 0 fully saturated rings. The molecule has 1 aliphatic heterocycles. The van der Waals surface area contributed by atoms with Crippen LogP contribution in [0, 0.1) is 0 Å². The van der Waals surface area contributed by atoms with Gasteiger partial charge in [-0.3, -0.25) is 4.79 Å². The van der Waals surface area contributed by atoms with E-state index in [1.165, 1.54) is 22.6 Å². The quantitative estimate of drug-likeness (QED) is 0.923. The Morgan fingerprint density at radius 1 is 1.35 bits per heavy atom. The lowest BCUT2D eigenvalue weighted by Crippen LogP contribution is -2.38. The zero-order valence-corrected chi connectivity index (χ0v) is 11.6. The summed E-state index contributed by atoms with van der Waals surface area (Å²) in [5.41, 5.74) is 1.17. The number of carboxylic acid groups (broad SMARTS) is 1. The van der Waals surface area contributed by atoms with Gasteiger partial charge in [-0.25, -0.2) is 4.79 Å². The standard InChI is InChI=1S/C14H13NO4S/c1-8-9-5-7-20-12(9)4-6-15(8)13(16)10-2-3-11(19-10)14(17)18/h2-3,5,7-8H,4,6H2,1H3,(H,17,18). The van der Waals surface area contributed by atoms with E-state index in [1.54, 1.807) is 16.2 Å². The Labute approximate surface area is 119 Å². The highest BCUT2D eigenvalue weighted by Crippen LogP contribution is 2.33. The maximum absolute atomic E-state index is 12.4. The van der Waals surface area contributed by atoms with Crippen molar-refractivity contribution < 1.29 is 19.1 Å². The van der Waals surface area contributed by atoms with Crippen LogP contribution in [-0.4, -0.2) is 28.4 Å².